The number of hydrogen-bond acceptors (Lipinski definition) is 8. The Morgan fingerprint density at radius 1 is 0.949 bits per heavy atom. The first kappa shape index (κ1) is 31.1. The molecule has 39 heavy (non-hydrogen) atoms. The van der Waals surface area contributed by atoms with Crippen molar-refractivity contribution < 1.29 is 38.1 Å². The summed E-state index contributed by atoms with van der Waals surface area (Å²) in [5, 5.41) is 0. The molecule has 1 atom stereocenters. The van der Waals surface area contributed by atoms with E-state index >= 15 is 0 Å². The van der Waals surface area contributed by atoms with Gasteiger partial charge in [0.15, 0.2) is 11.5 Å². The molecule has 210 valence electrons. The topological polar surface area (TPSA) is 97.4 Å². The van der Waals surface area contributed by atoms with Gasteiger partial charge in [-0.2, -0.15) is 0 Å². The number of carbonyl (C=O) groups excluding carboxylic acids is 3. The lowest BCUT2D eigenvalue weighted by Gasteiger charge is -2.19. The lowest BCUT2D eigenvalue weighted by atomic mass is 10.1. The molecule has 0 amide bonds. The first-order valence-corrected chi connectivity index (χ1v) is 13.0. The van der Waals surface area contributed by atoms with Crippen molar-refractivity contribution >= 4 is 24.0 Å². The summed E-state index contributed by atoms with van der Waals surface area (Å²) in [5.74, 6) is -0.0646. The van der Waals surface area contributed by atoms with Crippen LogP contribution >= 0.6 is 0 Å². The highest BCUT2D eigenvalue weighted by Crippen LogP contribution is 2.29. The maximum atomic E-state index is 12.7. The molecule has 8 nitrogen and oxygen atoms in total. The van der Waals surface area contributed by atoms with E-state index in [1.165, 1.54) is 20.3 Å². The monoisotopic (exact) mass is 538 g/mol. The second kappa shape index (κ2) is 16.7. The maximum Gasteiger partial charge on any atom is 0.343 e. The Kier molecular flexibility index (Phi) is 13.3. The van der Waals surface area contributed by atoms with Gasteiger partial charge in [-0.15, -0.1) is 0 Å². The molecule has 8 heteroatoms. The van der Waals surface area contributed by atoms with Crippen LogP contribution in [0.1, 0.15) is 68.3 Å². The van der Waals surface area contributed by atoms with E-state index in [-0.39, 0.29) is 17.8 Å². The third-order valence-corrected chi connectivity index (χ3v) is 5.76. The number of rotatable bonds is 16. The molecule has 0 spiro atoms. The minimum Gasteiger partial charge on any atom is -0.493 e. The number of unbranched alkanes of at least 4 members (excludes halogenated alkanes) is 2. The van der Waals surface area contributed by atoms with Gasteiger partial charge in [0.05, 0.1) is 32.5 Å². The van der Waals surface area contributed by atoms with Crippen LogP contribution in [0, 0.1) is 0 Å². The van der Waals surface area contributed by atoms with Gasteiger partial charge in [-0.1, -0.05) is 26.0 Å². The fraction of sp³-hybridized carbons (Fsp3) is 0.387. The van der Waals surface area contributed by atoms with Crippen LogP contribution < -0.4 is 14.2 Å². The summed E-state index contributed by atoms with van der Waals surface area (Å²) in [4.78, 5) is 35.5. The minimum absolute atomic E-state index is 0.0572. The summed E-state index contributed by atoms with van der Waals surface area (Å²) in [6.45, 7) is 7.72. The lowest BCUT2D eigenvalue weighted by Crippen LogP contribution is -2.16. The predicted octanol–water partition coefficient (Wildman–Crippen LogP) is 6.33. The Morgan fingerprint density at radius 3 is 2.33 bits per heavy atom. The lowest BCUT2D eigenvalue weighted by molar-refractivity contribution is -0.139. The second-order valence-electron chi connectivity index (χ2n) is 8.97. The number of esters is 3. The van der Waals surface area contributed by atoms with Crippen LogP contribution in [0.2, 0.25) is 0 Å². The van der Waals surface area contributed by atoms with Gasteiger partial charge in [0.2, 0.25) is 0 Å². The highest BCUT2D eigenvalue weighted by Gasteiger charge is 2.15. The summed E-state index contributed by atoms with van der Waals surface area (Å²) in [7, 11) is 2.77. The molecule has 1 unspecified atom stereocenters. The summed E-state index contributed by atoms with van der Waals surface area (Å²) in [5.41, 5.74) is 1.47. The molecule has 0 bridgehead atoms. The molecule has 0 saturated carbocycles. The molecule has 0 heterocycles. The standard InChI is InChI=1S/C31H38O8/c1-6-10-25(11-8-7-9-20-37-30(33)22(2)3)38-26-16-14-24(15-17-26)31(34)39-27-18-12-23(21-28(27)35-4)13-19-29(32)36-5/h12-19,21,25H,2,6-11,20H2,1,3-5H3/b19-13+. The average molecular weight is 539 g/mol. The van der Waals surface area contributed by atoms with E-state index in [0.717, 1.165) is 38.5 Å². The molecule has 0 radical (unpaired) electrons. The third-order valence-electron chi connectivity index (χ3n) is 5.76. The van der Waals surface area contributed by atoms with E-state index in [4.69, 9.17) is 18.9 Å². The van der Waals surface area contributed by atoms with E-state index in [1.807, 2.05) is 0 Å². The Labute approximate surface area is 230 Å². The van der Waals surface area contributed by atoms with Gasteiger partial charge in [0.1, 0.15) is 5.75 Å². The molecule has 0 aliphatic rings. The number of ether oxygens (including phenoxy) is 5. The second-order valence-corrected chi connectivity index (χ2v) is 8.97. The highest BCUT2D eigenvalue weighted by molar-refractivity contribution is 5.91. The van der Waals surface area contributed by atoms with Gasteiger partial charge in [-0.25, -0.2) is 14.4 Å². The summed E-state index contributed by atoms with van der Waals surface area (Å²) < 4.78 is 26.8. The number of benzene rings is 2. The Morgan fingerprint density at radius 2 is 1.69 bits per heavy atom. The zero-order valence-electron chi connectivity index (χ0n) is 23.2. The minimum atomic E-state index is -0.532. The smallest absolute Gasteiger partial charge is 0.343 e. The van der Waals surface area contributed by atoms with Crippen LogP contribution in [0.15, 0.2) is 60.7 Å². The Hall–Kier alpha value is -4.07. The van der Waals surface area contributed by atoms with Crippen LogP contribution in [0.4, 0.5) is 0 Å². The SMILES string of the molecule is C=C(C)C(=O)OCCCCCC(CCC)Oc1ccc(C(=O)Oc2ccc(/C=C/C(=O)OC)cc2OC)cc1. The van der Waals surface area contributed by atoms with Gasteiger partial charge in [-0.3, -0.25) is 0 Å². The number of carbonyl (C=O) groups is 3. The predicted molar refractivity (Wildman–Crippen MR) is 149 cm³/mol. The fourth-order valence-electron chi connectivity index (χ4n) is 3.65. The number of methoxy groups -OCH3 is 2. The average Bonchev–Trinajstić information content (AvgIpc) is 2.94. The van der Waals surface area contributed by atoms with Crippen molar-refractivity contribution in [3.05, 3.63) is 71.8 Å². The molecule has 0 fully saturated rings. The largest absolute Gasteiger partial charge is 0.493 e. The van der Waals surface area contributed by atoms with Gasteiger partial charge < -0.3 is 23.7 Å². The number of hydrogen-bond donors (Lipinski definition) is 0. The third kappa shape index (κ3) is 11.1. The van der Waals surface area contributed by atoms with Gasteiger partial charge in [0.25, 0.3) is 0 Å². The molecule has 2 aromatic carbocycles. The normalized spacial score (nSPS) is 11.5. The molecule has 0 aromatic heterocycles. The van der Waals surface area contributed by atoms with E-state index in [9.17, 15) is 14.4 Å². The Balaban J connectivity index is 1.90. The van der Waals surface area contributed by atoms with E-state index in [1.54, 1.807) is 55.5 Å². The molecular formula is C31H38O8. The first-order valence-electron chi connectivity index (χ1n) is 13.0. The van der Waals surface area contributed by atoms with Crippen molar-refractivity contribution in [2.45, 2.75) is 58.5 Å². The molecule has 0 saturated heterocycles. The molecule has 2 rings (SSSR count). The summed E-state index contributed by atoms with van der Waals surface area (Å²) in [6.07, 6.45) is 8.41. The van der Waals surface area contributed by atoms with E-state index in [0.29, 0.717) is 34.8 Å². The van der Waals surface area contributed by atoms with Gasteiger partial charge in [0, 0.05) is 11.6 Å². The van der Waals surface area contributed by atoms with Crippen molar-refractivity contribution in [3.63, 3.8) is 0 Å². The van der Waals surface area contributed by atoms with Crippen molar-refractivity contribution in [1.29, 1.82) is 0 Å². The van der Waals surface area contributed by atoms with Crippen LogP contribution in [0.5, 0.6) is 17.2 Å². The van der Waals surface area contributed by atoms with Gasteiger partial charge in [-0.05, 0) is 87.1 Å². The fourth-order valence-corrected chi connectivity index (χ4v) is 3.65. The van der Waals surface area contributed by atoms with Gasteiger partial charge >= 0.3 is 17.9 Å². The van der Waals surface area contributed by atoms with Crippen molar-refractivity contribution in [3.8, 4) is 17.2 Å². The zero-order valence-corrected chi connectivity index (χ0v) is 23.2. The molecular weight excluding hydrogens is 500 g/mol. The zero-order chi connectivity index (χ0) is 28.6. The maximum absolute atomic E-state index is 12.7. The van der Waals surface area contributed by atoms with Crippen LogP contribution in [-0.4, -0.2) is 44.8 Å². The van der Waals surface area contributed by atoms with Crippen molar-refractivity contribution in [2.24, 2.45) is 0 Å². The van der Waals surface area contributed by atoms with Crippen LogP contribution in [0.25, 0.3) is 6.08 Å². The molecule has 0 N–H and O–H groups in total. The summed E-state index contributed by atoms with van der Waals surface area (Å²) >= 11 is 0. The molecule has 2 aromatic rings. The summed E-state index contributed by atoms with van der Waals surface area (Å²) in [6, 6.07) is 11.8. The highest BCUT2D eigenvalue weighted by atomic mass is 16.6. The van der Waals surface area contributed by atoms with Crippen molar-refractivity contribution in [2.75, 3.05) is 20.8 Å². The van der Waals surface area contributed by atoms with Crippen LogP contribution in [-0.2, 0) is 19.1 Å². The quantitative estimate of drug-likeness (QED) is 0.106. The molecule has 0 aliphatic carbocycles. The van der Waals surface area contributed by atoms with E-state index < -0.39 is 11.9 Å². The Bertz CT molecular complexity index is 1130. The first-order chi connectivity index (χ1) is 18.8. The molecule has 0 aliphatic heterocycles. The van der Waals surface area contributed by atoms with Crippen molar-refractivity contribution in [1.82, 2.24) is 0 Å². The van der Waals surface area contributed by atoms with Crippen LogP contribution in [0.3, 0.4) is 0 Å². The van der Waals surface area contributed by atoms with E-state index in [2.05, 4.69) is 18.2 Å².